The largest absolute Gasteiger partial charge is 0.312 e. The van der Waals surface area contributed by atoms with Crippen molar-refractivity contribution >= 4 is 44.5 Å². The minimum absolute atomic E-state index is 0.171. The third kappa shape index (κ3) is 2.61. The van der Waals surface area contributed by atoms with Crippen molar-refractivity contribution in [2.75, 3.05) is 5.32 Å². The molecule has 2 N–H and O–H groups in total. The molecule has 0 aliphatic carbocycles. The number of hydrogen-bond acceptors (Lipinski definition) is 5. The number of rotatable bonds is 2. The highest BCUT2D eigenvalue weighted by atomic mass is 32.2. The molecule has 19 heavy (non-hydrogen) atoms. The van der Waals surface area contributed by atoms with Gasteiger partial charge in [0.05, 0.1) is 4.91 Å². The number of carbonyl (C=O) groups excluding carboxylic acids is 1. The lowest BCUT2D eigenvalue weighted by Gasteiger charge is -2.06. The van der Waals surface area contributed by atoms with E-state index in [2.05, 4.69) is 15.3 Å². The maximum atomic E-state index is 12.0. The highest BCUT2D eigenvalue weighted by molar-refractivity contribution is 8.06. The van der Waals surface area contributed by atoms with Gasteiger partial charge in [0.15, 0.2) is 5.13 Å². The second kappa shape index (κ2) is 5.02. The Morgan fingerprint density at radius 2 is 2.32 bits per heavy atom. The van der Waals surface area contributed by atoms with Crippen LogP contribution in [0.1, 0.15) is 6.42 Å². The van der Waals surface area contributed by atoms with Crippen molar-refractivity contribution in [2.45, 2.75) is 6.42 Å². The molecule has 2 aromatic rings. The van der Waals surface area contributed by atoms with Crippen LogP contribution < -0.4 is 10.9 Å². The Morgan fingerprint density at radius 3 is 3.11 bits per heavy atom. The number of nitrogens with one attached hydrogen (secondary N) is 2. The maximum absolute atomic E-state index is 12.0. The topological polar surface area (TPSA) is 74.8 Å². The van der Waals surface area contributed by atoms with Crippen LogP contribution in [0.5, 0.6) is 0 Å². The van der Waals surface area contributed by atoms with Crippen LogP contribution in [-0.2, 0) is 4.79 Å². The summed E-state index contributed by atoms with van der Waals surface area (Å²) in [4.78, 5) is 31.4. The first kappa shape index (κ1) is 12.2. The molecule has 3 heterocycles. The molecule has 0 spiro atoms. The van der Waals surface area contributed by atoms with Gasteiger partial charge in [-0.25, -0.2) is 4.98 Å². The summed E-state index contributed by atoms with van der Waals surface area (Å²) in [7, 11) is 0. The van der Waals surface area contributed by atoms with E-state index in [9.17, 15) is 9.59 Å². The lowest BCUT2D eigenvalue weighted by Crippen LogP contribution is -2.12. The van der Waals surface area contributed by atoms with Crippen molar-refractivity contribution in [3.05, 3.63) is 45.0 Å². The molecule has 0 aromatic carbocycles. The number of carbonyl (C=O) groups is 1. The van der Waals surface area contributed by atoms with Crippen LogP contribution in [0, 0.1) is 0 Å². The highest BCUT2D eigenvalue weighted by Crippen LogP contribution is 2.26. The quantitative estimate of drug-likeness (QED) is 0.891. The number of amides is 1. The van der Waals surface area contributed by atoms with Crippen molar-refractivity contribution < 1.29 is 4.79 Å². The average Bonchev–Trinajstić information content (AvgIpc) is 2.81. The van der Waals surface area contributed by atoms with E-state index in [1.807, 2.05) is 17.6 Å². The van der Waals surface area contributed by atoms with Crippen LogP contribution in [0.4, 0.5) is 5.13 Å². The molecule has 0 bridgehead atoms. The molecule has 0 saturated carbocycles. The Balaban J connectivity index is 1.83. The first-order valence-corrected chi connectivity index (χ1v) is 7.25. The van der Waals surface area contributed by atoms with Crippen LogP contribution in [0.15, 0.2) is 39.4 Å². The Bertz CT molecular complexity index is 758. The minimum Gasteiger partial charge on any atom is -0.312 e. The van der Waals surface area contributed by atoms with Gasteiger partial charge in [-0.1, -0.05) is 35.3 Å². The van der Waals surface area contributed by atoms with Gasteiger partial charge in [0.1, 0.15) is 10.3 Å². The molecule has 0 radical (unpaired) electrons. The van der Waals surface area contributed by atoms with Crippen LogP contribution in [0.2, 0.25) is 0 Å². The van der Waals surface area contributed by atoms with E-state index < -0.39 is 0 Å². The van der Waals surface area contributed by atoms with Gasteiger partial charge < -0.3 is 4.98 Å². The Labute approximate surface area is 116 Å². The van der Waals surface area contributed by atoms with Gasteiger partial charge in [0.25, 0.3) is 5.91 Å². The van der Waals surface area contributed by atoms with Gasteiger partial charge in [-0.2, -0.15) is 0 Å². The molecule has 1 aliphatic rings. The molecule has 0 saturated heterocycles. The van der Waals surface area contributed by atoms with Crippen LogP contribution in [-0.4, -0.2) is 15.9 Å². The fraction of sp³-hybridized carbons (Fsp3) is 0.0833. The Morgan fingerprint density at radius 1 is 1.42 bits per heavy atom. The molecule has 5 nitrogen and oxygen atoms in total. The van der Waals surface area contributed by atoms with Gasteiger partial charge >= 0.3 is 0 Å². The van der Waals surface area contributed by atoms with Crippen molar-refractivity contribution in [3.8, 4) is 0 Å². The summed E-state index contributed by atoms with van der Waals surface area (Å²) in [5.74, 6) is -0.171. The monoisotopic (exact) mass is 291 g/mol. The number of anilines is 1. The summed E-state index contributed by atoms with van der Waals surface area (Å²) in [5, 5.41) is 5.12. The van der Waals surface area contributed by atoms with Gasteiger partial charge in [0, 0.05) is 6.07 Å². The number of thioether (sulfide) groups is 1. The maximum Gasteiger partial charge on any atom is 0.263 e. The molecule has 7 heteroatoms. The molecule has 1 amide bonds. The van der Waals surface area contributed by atoms with Crippen LogP contribution in [0.25, 0.3) is 10.3 Å². The normalized spacial score (nSPS) is 14.4. The summed E-state index contributed by atoms with van der Waals surface area (Å²) in [6.45, 7) is 0. The number of pyridine rings is 1. The summed E-state index contributed by atoms with van der Waals surface area (Å²) in [6, 6.07) is 3.05. The Hall–Kier alpha value is -1.86. The van der Waals surface area contributed by atoms with E-state index in [1.54, 1.807) is 6.07 Å². The zero-order valence-corrected chi connectivity index (χ0v) is 11.3. The molecule has 96 valence electrons. The van der Waals surface area contributed by atoms with Gasteiger partial charge in [0.2, 0.25) is 5.56 Å². The fourth-order valence-electron chi connectivity index (χ4n) is 1.60. The average molecular weight is 291 g/mol. The molecule has 1 aliphatic heterocycles. The zero-order chi connectivity index (χ0) is 13.2. The van der Waals surface area contributed by atoms with E-state index in [1.165, 1.54) is 29.2 Å². The fourth-order valence-corrected chi connectivity index (χ4v) is 3.16. The van der Waals surface area contributed by atoms with E-state index in [-0.39, 0.29) is 11.5 Å². The number of H-pyrrole nitrogens is 1. The highest BCUT2D eigenvalue weighted by Gasteiger charge is 2.13. The molecule has 0 fully saturated rings. The summed E-state index contributed by atoms with van der Waals surface area (Å²) in [6.07, 6.45) is 4.63. The lowest BCUT2D eigenvalue weighted by molar-refractivity contribution is -0.112. The van der Waals surface area contributed by atoms with E-state index >= 15 is 0 Å². The van der Waals surface area contributed by atoms with Crippen molar-refractivity contribution in [1.29, 1.82) is 0 Å². The summed E-state index contributed by atoms with van der Waals surface area (Å²) >= 11 is 2.64. The second-order valence-corrected chi connectivity index (χ2v) is 5.75. The molecule has 0 unspecified atom stereocenters. The number of allylic oxidation sites excluding steroid dienone is 2. The second-order valence-electron chi connectivity index (χ2n) is 3.80. The predicted molar refractivity (Wildman–Crippen MR) is 78.3 cm³/mol. The van der Waals surface area contributed by atoms with Crippen LogP contribution in [0.3, 0.4) is 0 Å². The standard InChI is InChI=1S/C12H9N3O2S2/c16-9-5-4-7-11(14-9)19-12(13-7)15-10(17)8-3-1-2-6-18-8/h2-6H,1H2,(H,14,16)(H,13,15,17). The predicted octanol–water partition coefficient (Wildman–Crippen LogP) is 2.46. The number of aromatic nitrogens is 2. The summed E-state index contributed by atoms with van der Waals surface area (Å²) < 4.78 is 0. The van der Waals surface area contributed by atoms with Gasteiger partial charge in [-0.05, 0) is 17.9 Å². The Kier molecular flexibility index (Phi) is 3.22. The molecule has 3 rings (SSSR count). The minimum atomic E-state index is -0.176. The molecular formula is C12H9N3O2S2. The number of nitrogens with zero attached hydrogens (tertiary/aromatic N) is 1. The van der Waals surface area contributed by atoms with E-state index in [4.69, 9.17) is 0 Å². The first-order valence-electron chi connectivity index (χ1n) is 5.55. The van der Waals surface area contributed by atoms with Crippen LogP contribution >= 0.6 is 23.1 Å². The van der Waals surface area contributed by atoms with Crippen molar-refractivity contribution in [2.24, 2.45) is 0 Å². The zero-order valence-electron chi connectivity index (χ0n) is 9.67. The van der Waals surface area contributed by atoms with E-state index in [0.29, 0.717) is 20.4 Å². The molecule has 2 aromatic heterocycles. The summed E-state index contributed by atoms with van der Waals surface area (Å²) in [5.41, 5.74) is 0.495. The molecule has 0 atom stereocenters. The number of aromatic amines is 1. The molecular weight excluding hydrogens is 282 g/mol. The van der Waals surface area contributed by atoms with Crippen molar-refractivity contribution in [1.82, 2.24) is 9.97 Å². The SMILES string of the molecule is O=C(Nc1nc2ccc(=O)[nH]c2s1)C1=CCC=CS1. The number of fused-ring (bicyclic) bond motifs is 1. The lowest BCUT2D eigenvalue weighted by atomic mass is 10.3. The van der Waals surface area contributed by atoms with Gasteiger partial charge in [-0.3, -0.25) is 14.9 Å². The number of hydrogen-bond donors (Lipinski definition) is 2. The number of thiazole rings is 1. The van der Waals surface area contributed by atoms with Crippen molar-refractivity contribution in [3.63, 3.8) is 0 Å². The third-order valence-corrected chi connectivity index (χ3v) is 4.29. The third-order valence-electron chi connectivity index (χ3n) is 2.46. The van der Waals surface area contributed by atoms with Gasteiger partial charge in [-0.15, -0.1) is 0 Å². The smallest absolute Gasteiger partial charge is 0.263 e. The first-order chi connectivity index (χ1) is 9.22. The van der Waals surface area contributed by atoms with E-state index in [0.717, 1.165) is 6.42 Å².